The lowest BCUT2D eigenvalue weighted by Crippen LogP contribution is -2.56. The standard InChI is InChI=1S/C14H23N3O7/c1-6(2)11(16-8(4)18)13(22)15-7(3)12(21)17-9(14(23)24)5-10(19)20/h6-7,9,11H,5H2,1-4H3,(H,15,22)(H,16,18)(H,17,21)(H,19,20)(H,23,24)/t7-,9-,11-/m0/s1. The van der Waals surface area contributed by atoms with Crippen molar-refractivity contribution in [2.75, 3.05) is 0 Å². The number of amides is 3. The number of nitrogens with one attached hydrogen (secondary N) is 3. The van der Waals surface area contributed by atoms with Gasteiger partial charge in [-0.05, 0) is 12.8 Å². The summed E-state index contributed by atoms with van der Waals surface area (Å²) in [4.78, 5) is 56.7. The first-order valence-corrected chi connectivity index (χ1v) is 7.28. The normalized spacial score (nSPS) is 14.2. The van der Waals surface area contributed by atoms with Crippen molar-refractivity contribution >= 4 is 29.7 Å². The fourth-order valence-corrected chi connectivity index (χ4v) is 1.79. The Bertz CT molecular complexity index is 518. The Morgan fingerprint density at radius 2 is 1.42 bits per heavy atom. The molecule has 0 fully saturated rings. The molecule has 0 heterocycles. The Hall–Kier alpha value is -2.65. The van der Waals surface area contributed by atoms with Crippen LogP contribution in [-0.4, -0.2) is 58.0 Å². The first-order chi connectivity index (χ1) is 11.0. The summed E-state index contributed by atoms with van der Waals surface area (Å²) in [5.41, 5.74) is 0. The molecule has 0 radical (unpaired) electrons. The van der Waals surface area contributed by atoms with Crippen molar-refractivity contribution in [3.8, 4) is 0 Å². The van der Waals surface area contributed by atoms with Crippen LogP contribution in [0.4, 0.5) is 0 Å². The zero-order valence-electron chi connectivity index (χ0n) is 14.0. The maximum Gasteiger partial charge on any atom is 0.326 e. The highest BCUT2D eigenvalue weighted by Crippen LogP contribution is 2.03. The van der Waals surface area contributed by atoms with Crippen LogP contribution in [0.15, 0.2) is 0 Å². The SMILES string of the molecule is CC(=O)N[C@H](C(=O)N[C@@H](C)C(=O)N[C@@H](CC(=O)O)C(=O)O)C(C)C. The third-order valence-corrected chi connectivity index (χ3v) is 3.05. The Morgan fingerprint density at radius 3 is 1.79 bits per heavy atom. The van der Waals surface area contributed by atoms with E-state index in [0.29, 0.717) is 0 Å². The monoisotopic (exact) mass is 345 g/mol. The number of carbonyl (C=O) groups is 5. The van der Waals surface area contributed by atoms with Crippen LogP contribution in [0.3, 0.4) is 0 Å². The summed E-state index contributed by atoms with van der Waals surface area (Å²) >= 11 is 0. The lowest BCUT2D eigenvalue weighted by molar-refractivity contribution is -0.147. The Morgan fingerprint density at radius 1 is 0.875 bits per heavy atom. The molecular formula is C14H23N3O7. The molecule has 0 aliphatic heterocycles. The molecule has 3 amide bonds. The molecule has 24 heavy (non-hydrogen) atoms. The summed E-state index contributed by atoms with van der Waals surface area (Å²) in [7, 11) is 0. The van der Waals surface area contributed by atoms with Gasteiger partial charge in [-0.1, -0.05) is 13.8 Å². The molecule has 136 valence electrons. The second kappa shape index (κ2) is 9.48. The number of hydrogen-bond acceptors (Lipinski definition) is 5. The van der Waals surface area contributed by atoms with Gasteiger partial charge in [0.15, 0.2) is 0 Å². The molecule has 0 saturated carbocycles. The third-order valence-electron chi connectivity index (χ3n) is 3.05. The molecular weight excluding hydrogens is 322 g/mol. The number of aliphatic carboxylic acids is 2. The van der Waals surface area contributed by atoms with E-state index in [2.05, 4.69) is 10.6 Å². The molecule has 0 aromatic rings. The summed E-state index contributed by atoms with van der Waals surface area (Å²) in [6.07, 6.45) is -0.789. The van der Waals surface area contributed by atoms with Crippen LogP contribution in [0.1, 0.15) is 34.1 Å². The van der Waals surface area contributed by atoms with E-state index in [1.807, 2.05) is 5.32 Å². The maximum atomic E-state index is 12.1. The van der Waals surface area contributed by atoms with Crippen molar-refractivity contribution in [2.24, 2.45) is 5.92 Å². The summed E-state index contributed by atoms with van der Waals surface area (Å²) in [6.45, 7) is 5.98. The summed E-state index contributed by atoms with van der Waals surface area (Å²) in [6, 6.07) is -3.57. The molecule has 0 aromatic heterocycles. The van der Waals surface area contributed by atoms with E-state index >= 15 is 0 Å². The molecule has 5 N–H and O–H groups in total. The van der Waals surface area contributed by atoms with Crippen molar-refractivity contribution in [3.63, 3.8) is 0 Å². The van der Waals surface area contributed by atoms with E-state index in [1.54, 1.807) is 13.8 Å². The quantitative estimate of drug-likeness (QED) is 0.347. The molecule has 0 unspecified atom stereocenters. The highest BCUT2D eigenvalue weighted by Gasteiger charge is 2.29. The molecule has 0 aliphatic carbocycles. The minimum Gasteiger partial charge on any atom is -0.481 e. The van der Waals surface area contributed by atoms with Gasteiger partial charge in [0.05, 0.1) is 6.42 Å². The van der Waals surface area contributed by atoms with E-state index in [-0.39, 0.29) is 5.92 Å². The first-order valence-electron chi connectivity index (χ1n) is 7.28. The van der Waals surface area contributed by atoms with Crippen molar-refractivity contribution < 1.29 is 34.2 Å². The van der Waals surface area contributed by atoms with Gasteiger partial charge < -0.3 is 26.2 Å². The molecule has 10 heteroatoms. The zero-order chi connectivity index (χ0) is 19.0. The van der Waals surface area contributed by atoms with Gasteiger partial charge >= 0.3 is 11.9 Å². The van der Waals surface area contributed by atoms with Crippen LogP contribution >= 0.6 is 0 Å². The van der Waals surface area contributed by atoms with Gasteiger partial charge in [-0.2, -0.15) is 0 Å². The summed E-state index contributed by atoms with van der Waals surface area (Å²) in [5, 5.41) is 24.4. The summed E-state index contributed by atoms with van der Waals surface area (Å²) in [5.74, 6) is -4.97. The number of carboxylic acid groups (broad SMARTS) is 2. The Balaban J connectivity index is 4.83. The topological polar surface area (TPSA) is 162 Å². The van der Waals surface area contributed by atoms with E-state index in [9.17, 15) is 24.0 Å². The predicted octanol–water partition coefficient (Wildman–Crippen LogP) is -1.30. The highest BCUT2D eigenvalue weighted by molar-refractivity contribution is 5.93. The second-order valence-corrected chi connectivity index (χ2v) is 5.65. The smallest absolute Gasteiger partial charge is 0.326 e. The van der Waals surface area contributed by atoms with Crippen molar-refractivity contribution in [1.29, 1.82) is 0 Å². The van der Waals surface area contributed by atoms with Gasteiger partial charge in [-0.3, -0.25) is 19.2 Å². The van der Waals surface area contributed by atoms with Gasteiger partial charge in [0.25, 0.3) is 0 Å². The number of carbonyl (C=O) groups excluding carboxylic acids is 3. The molecule has 0 aromatic carbocycles. The van der Waals surface area contributed by atoms with Gasteiger partial charge in [-0.15, -0.1) is 0 Å². The third kappa shape index (κ3) is 7.56. The van der Waals surface area contributed by atoms with Crippen LogP contribution < -0.4 is 16.0 Å². The average molecular weight is 345 g/mol. The zero-order valence-corrected chi connectivity index (χ0v) is 14.0. The van der Waals surface area contributed by atoms with Crippen LogP contribution in [0.2, 0.25) is 0 Å². The van der Waals surface area contributed by atoms with Crippen molar-refractivity contribution in [2.45, 2.75) is 52.2 Å². The average Bonchev–Trinajstić information content (AvgIpc) is 2.42. The van der Waals surface area contributed by atoms with E-state index in [0.717, 1.165) is 0 Å². The Labute approximate surface area is 139 Å². The molecule has 0 rings (SSSR count). The fourth-order valence-electron chi connectivity index (χ4n) is 1.79. The van der Waals surface area contributed by atoms with Gasteiger partial charge in [-0.25, -0.2) is 4.79 Å². The van der Waals surface area contributed by atoms with Crippen LogP contribution in [0, 0.1) is 5.92 Å². The van der Waals surface area contributed by atoms with Crippen LogP contribution in [-0.2, 0) is 24.0 Å². The summed E-state index contributed by atoms with van der Waals surface area (Å²) < 4.78 is 0. The van der Waals surface area contributed by atoms with Crippen molar-refractivity contribution in [1.82, 2.24) is 16.0 Å². The van der Waals surface area contributed by atoms with Gasteiger partial charge in [0.1, 0.15) is 18.1 Å². The number of hydrogen-bond donors (Lipinski definition) is 5. The lowest BCUT2D eigenvalue weighted by atomic mass is 10.0. The van der Waals surface area contributed by atoms with Crippen LogP contribution in [0.5, 0.6) is 0 Å². The molecule has 0 spiro atoms. The van der Waals surface area contributed by atoms with Gasteiger partial charge in [0.2, 0.25) is 17.7 Å². The molecule has 0 aliphatic rings. The maximum absolute atomic E-state index is 12.1. The Kier molecular flexibility index (Phi) is 8.43. The van der Waals surface area contributed by atoms with E-state index in [1.165, 1.54) is 13.8 Å². The lowest BCUT2D eigenvalue weighted by Gasteiger charge is -2.23. The van der Waals surface area contributed by atoms with Gasteiger partial charge in [0, 0.05) is 6.92 Å². The fraction of sp³-hybridized carbons (Fsp3) is 0.643. The molecule has 3 atom stereocenters. The minimum atomic E-state index is -1.61. The molecule has 0 saturated heterocycles. The predicted molar refractivity (Wildman–Crippen MR) is 81.9 cm³/mol. The number of carboxylic acids is 2. The highest BCUT2D eigenvalue weighted by atomic mass is 16.4. The number of rotatable bonds is 9. The first kappa shape index (κ1) is 21.4. The molecule has 10 nitrogen and oxygen atoms in total. The van der Waals surface area contributed by atoms with Crippen molar-refractivity contribution in [3.05, 3.63) is 0 Å². The largest absolute Gasteiger partial charge is 0.481 e. The van der Waals surface area contributed by atoms with E-state index in [4.69, 9.17) is 10.2 Å². The molecule has 0 bridgehead atoms. The second-order valence-electron chi connectivity index (χ2n) is 5.65. The van der Waals surface area contributed by atoms with E-state index < -0.39 is 54.2 Å². The minimum absolute atomic E-state index is 0.233. The van der Waals surface area contributed by atoms with Crippen LogP contribution in [0.25, 0.3) is 0 Å².